The monoisotopic (exact) mass is 610 g/mol. The lowest BCUT2D eigenvalue weighted by molar-refractivity contribution is -0.137. The van der Waals surface area contributed by atoms with Crippen molar-refractivity contribution in [1.82, 2.24) is 9.88 Å². The van der Waals surface area contributed by atoms with E-state index in [1.54, 1.807) is 43.3 Å². The van der Waals surface area contributed by atoms with Gasteiger partial charge in [0, 0.05) is 28.2 Å². The Kier molecular flexibility index (Phi) is 8.03. The summed E-state index contributed by atoms with van der Waals surface area (Å²) in [5.74, 6) is -1.46. The summed E-state index contributed by atoms with van der Waals surface area (Å²) < 4.78 is 41.3. The number of alkyl halides is 3. The summed E-state index contributed by atoms with van der Waals surface area (Å²) in [6, 6.07) is 21.0. The Balaban J connectivity index is 1.56. The molecule has 0 saturated heterocycles. The summed E-state index contributed by atoms with van der Waals surface area (Å²) in [4.78, 5) is 25.0. The number of hydrogen-bond acceptors (Lipinski definition) is 2. The number of aromatic nitrogens is 1. The van der Waals surface area contributed by atoms with Crippen molar-refractivity contribution in [2.24, 2.45) is 0 Å². The van der Waals surface area contributed by atoms with Gasteiger partial charge in [0.25, 0.3) is 5.91 Å². The number of amides is 1. The zero-order valence-electron chi connectivity index (χ0n) is 22.0. The van der Waals surface area contributed by atoms with Crippen molar-refractivity contribution < 1.29 is 27.9 Å². The molecule has 4 aromatic carbocycles. The normalized spacial score (nSPS) is 12.3. The number of carbonyl (C=O) groups is 2. The number of benzene rings is 4. The number of carboxylic acids is 1. The topological polar surface area (TPSA) is 71.3 Å². The smallest absolute Gasteiger partial charge is 0.416 e. The van der Waals surface area contributed by atoms with Crippen molar-refractivity contribution in [1.29, 1.82) is 0 Å². The van der Waals surface area contributed by atoms with E-state index in [1.165, 1.54) is 24.3 Å². The van der Waals surface area contributed by atoms with Crippen LogP contribution < -0.4 is 5.32 Å². The predicted octanol–water partition coefficient (Wildman–Crippen LogP) is 8.87. The highest BCUT2D eigenvalue weighted by Gasteiger charge is 2.30. The molecule has 214 valence electrons. The molecule has 1 atom stereocenters. The molecule has 1 aromatic heterocycles. The highest BCUT2D eigenvalue weighted by atomic mass is 35.5. The van der Waals surface area contributed by atoms with Gasteiger partial charge in [0.05, 0.1) is 28.2 Å². The van der Waals surface area contributed by atoms with Crippen LogP contribution in [-0.4, -0.2) is 21.6 Å². The molecule has 1 amide bonds. The lowest BCUT2D eigenvalue weighted by Gasteiger charge is -2.17. The van der Waals surface area contributed by atoms with Gasteiger partial charge in [-0.05, 0) is 89.8 Å². The van der Waals surface area contributed by atoms with Gasteiger partial charge in [0.15, 0.2) is 0 Å². The number of carboxylic acid groups (broad SMARTS) is 1. The molecule has 42 heavy (non-hydrogen) atoms. The van der Waals surface area contributed by atoms with Crippen LogP contribution in [0.25, 0.3) is 22.0 Å². The Morgan fingerprint density at radius 1 is 0.881 bits per heavy atom. The van der Waals surface area contributed by atoms with Gasteiger partial charge in [-0.25, -0.2) is 4.79 Å². The first kappa shape index (κ1) is 29.2. The van der Waals surface area contributed by atoms with Crippen LogP contribution in [0, 0.1) is 0 Å². The molecule has 1 heterocycles. The van der Waals surface area contributed by atoms with Gasteiger partial charge < -0.3 is 15.0 Å². The lowest BCUT2D eigenvalue weighted by Crippen LogP contribution is -2.27. The fourth-order valence-corrected chi connectivity index (χ4v) is 5.41. The molecule has 0 unspecified atom stereocenters. The maximum atomic E-state index is 13.8. The zero-order chi connectivity index (χ0) is 30.2. The molecule has 0 radical (unpaired) electrons. The van der Waals surface area contributed by atoms with Gasteiger partial charge in [-0.15, -0.1) is 0 Å². The number of nitrogens with zero attached hydrogens (tertiary/aromatic N) is 1. The Labute approximate surface area is 249 Å². The van der Waals surface area contributed by atoms with Crippen LogP contribution in [0.1, 0.15) is 50.4 Å². The average molecular weight is 611 g/mol. The molecular weight excluding hydrogens is 588 g/mol. The molecule has 0 fully saturated rings. The van der Waals surface area contributed by atoms with E-state index in [9.17, 15) is 27.9 Å². The minimum atomic E-state index is -4.47. The van der Waals surface area contributed by atoms with Crippen LogP contribution in [0.3, 0.4) is 0 Å². The number of aromatic carboxylic acids is 1. The van der Waals surface area contributed by atoms with Crippen molar-refractivity contribution in [3.05, 3.63) is 129 Å². The van der Waals surface area contributed by atoms with Crippen LogP contribution in [0.4, 0.5) is 13.2 Å². The third-order valence-electron chi connectivity index (χ3n) is 6.93. The molecule has 5 rings (SSSR count). The standard InChI is InChI=1S/C32H23Cl2F3N2O3/c1-18(20-2-4-22(5-3-20)31(41)42)38-30(40)28-15-24(21-6-8-25(9-7-21)32(35,36)37)14-23-10-11-39(29(23)28)17-19-12-26(33)16-27(34)13-19/h2-16,18H,17H2,1H3,(H,38,40)(H,41,42)/t18-/m0/s1. The number of rotatable bonds is 7. The molecule has 5 aromatic rings. The predicted molar refractivity (Wildman–Crippen MR) is 157 cm³/mol. The Hall–Kier alpha value is -4.27. The Bertz CT molecular complexity index is 1780. The number of hydrogen-bond donors (Lipinski definition) is 2. The fourth-order valence-electron chi connectivity index (χ4n) is 4.84. The van der Waals surface area contributed by atoms with Gasteiger partial charge >= 0.3 is 12.1 Å². The summed E-state index contributed by atoms with van der Waals surface area (Å²) in [6.07, 6.45) is -2.65. The Morgan fingerprint density at radius 3 is 2.12 bits per heavy atom. The fraction of sp³-hybridized carbons (Fsp3) is 0.125. The second-order valence-electron chi connectivity index (χ2n) is 9.88. The van der Waals surface area contributed by atoms with Crippen LogP contribution >= 0.6 is 23.2 Å². The number of fused-ring (bicyclic) bond motifs is 1. The van der Waals surface area contributed by atoms with Crippen molar-refractivity contribution in [2.45, 2.75) is 25.7 Å². The van der Waals surface area contributed by atoms with E-state index < -0.39 is 29.7 Å². The van der Waals surface area contributed by atoms with Crippen LogP contribution in [-0.2, 0) is 12.7 Å². The Morgan fingerprint density at radius 2 is 1.52 bits per heavy atom. The first-order valence-electron chi connectivity index (χ1n) is 12.8. The summed E-state index contributed by atoms with van der Waals surface area (Å²) in [6.45, 7) is 2.13. The van der Waals surface area contributed by atoms with Gasteiger partial charge in [0.2, 0.25) is 0 Å². The first-order valence-corrected chi connectivity index (χ1v) is 13.5. The van der Waals surface area contributed by atoms with Gasteiger partial charge in [-0.3, -0.25) is 4.79 Å². The van der Waals surface area contributed by atoms with Gasteiger partial charge in [0.1, 0.15) is 0 Å². The molecule has 0 saturated carbocycles. The van der Waals surface area contributed by atoms with Crippen molar-refractivity contribution in [3.8, 4) is 11.1 Å². The molecule has 0 aliphatic heterocycles. The quantitative estimate of drug-likeness (QED) is 0.193. The van der Waals surface area contributed by atoms with Crippen molar-refractivity contribution >= 4 is 46.0 Å². The third kappa shape index (κ3) is 6.30. The first-order chi connectivity index (χ1) is 19.9. The van der Waals surface area contributed by atoms with Crippen LogP contribution in [0.5, 0.6) is 0 Å². The molecule has 0 bridgehead atoms. The molecule has 0 aliphatic rings. The average Bonchev–Trinajstić information content (AvgIpc) is 3.34. The molecule has 10 heteroatoms. The maximum Gasteiger partial charge on any atom is 0.416 e. The van der Waals surface area contributed by atoms with Gasteiger partial charge in [-0.1, -0.05) is 47.5 Å². The highest BCUT2D eigenvalue weighted by molar-refractivity contribution is 6.34. The third-order valence-corrected chi connectivity index (χ3v) is 7.37. The SMILES string of the molecule is C[C@H](NC(=O)c1cc(-c2ccc(C(F)(F)F)cc2)cc2ccn(Cc3cc(Cl)cc(Cl)c3)c12)c1ccc(C(=O)O)cc1. The van der Waals surface area contributed by atoms with Gasteiger partial charge in [-0.2, -0.15) is 13.2 Å². The second-order valence-corrected chi connectivity index (χ2v) is 10.8. The number of carbonyl (C=O) groups excluding carboxylic acids is 1. The number of halogens is 5. The maximum absolute atomic E-state index is 13.8. The summed E-state index contributed by atoms with van der Waals surface area (Å²) in [7, 11) is 0. The molecule has 2 N–H and O–H groups in total. The lowest BCUT2D eigenvalue weighted by atomic mass is 9.98. The van der Waals surface area contributed by atoms with E-state index in [2.05, 4.69) is 5.32 Å². The largest absolute Gasteiger partial charge is 0.478 e. The van der Waals surface area contributed by atoms with E-state index in [0.29, 0.717) is 49.7 Å². The zero-order valence-corrected chi connectivity index (χ0v) is 23.6. The molecule has 0 aliphatic carbocycles. The van der Waals surface area contributed by atoms with Crippen LogP contribution in [0.2, 0.25) is 10.0 Å². The molecular formula is C32H23Cl2F3N2O3. The summed E-state index contributed by atoms with van der Waals surface area (Å²) >= 11 is 12.4. The van der Waals surface area contributed by atoms with Crippen LogP contribution in [0.15, 0.2) is 91.1 Å². The minimum Gasteiger partial charge on any atom is -0.478 e. The second kappa shape index (κ2) is 11.5. The molecule has 5 nitrogen and oxygen atoms in total. The summed E-state index contributed by atoms with van der Waals surface area (Å²) in [5.41, 5.74) is 2.90. The van der Waals surface area contributed by atoms with Crippen molar-refractivity contribution in [2.75, 3.05) is 0 Å². The number of nitrogens with one attached hydrogen (secondary N) is 1. The minimum absolute atomic E-state index is 0.127. The molecule has 0 spiro atoms. The van der Waals surface area contributed by atoms with E-state index in [-0.39, 0.29) is 5.56 Å². The highest BCUT2D eigenvalue weighted by Crippen LogP contribution is 2.34. The van der Waals surface area contributed by atoms with E-state index in [1.807, 2.05) is 22.9 Å². The van der Waals surface area contributed by atoms with Crippen molar-refractivity contribution in [3.63, 3.8) is 0 Å². The van der Waals surface area contributed by atoms with E-state index in [0.717, 1.165) is 17.7 Å². The van der Waals surface area contributed by atoms with E-state index in [4.69, 9.17) is 23.2 Å². The van der Waals surface area contributed by atoms with E-state index >= 15 is 0 Å². The summed E-state index contributed by atoms with van der Waals surface area (Å²) in [5, 5.41) is 13.8.